The van der Waals surface area contributed by atoms with E-state index in [1.807, 2.05) is 68.4 Å². The maximum Gasteiger partial charge on any atom is 0.240 e. The van der Waals surface area contributed by atoms with Gasteiger partial charge < -0.3 is 4.90 Å². The number of anilines is 1. The highest BCUT2D eigenvalue weighted by Crippen LogP contribution is 2.31. The number of amides is 1. The Morgan fingerprint density at radius 3 is 2.38 bits per heavy atom. The van der Waals surface area contributed by atoms with E-state index in [9.17, 15) is 4.79 Å². The van der Waals surface area contributed by atoms with Crippen molar-refractivity contribution in [2.75, 3.05) is 11.4 Å². The van der Waals surface area contributed by atoms with Gasteiger partial charge in [0.25, 0.3) is 0 Å². The van der Waals surface area contributed by atoms with Crippen LogP contribution >= 0.6 is 23.4 Å². The van der Waals surface area contributed by atoms with Crippen molar-refractivity contribution in [3.05, 3.63) is 59.6 Å². The van der Waals surface area contributed by atoms with Crippen LogP contribution in [0.4, 0.5) is 5.69 Å². The van der Waals surface area contributed by atoms with Gasteiger partial charge in [-0.2, -0.15) is 0 Å². The van der Waals surface area contributed by atoms with Gasteiger partial charge in [0.15, 0.2) is 0 Å². The largest absolute Gasteiger partial charge is 0.312 e. The van der Waals surface area contributed by atoms with Gasteiger partial charge in [0.2, 0.25) is 5.91 Å². The molecule has 0 aromatic heterocycles. The van der Waals surface area contributed by atoms with Crippen molar-refractivity contribution in [3.8, 4) is 0 Å². The van der Waals surface area contributed by atoms with E-state index in [4.69, 9.17) is 11.6 Å². The second-order valence-electron chi connectivity index (χ2n) is 4.61. The molecule has 21 heavy (non-hydrogen) atoms. The third-order valence-electron chi connectivity index (χ3n) is 3.14. The molecule has 0 N–H and O–H groups in total. The van der Waals surface area contributed by atoms with Crippen LogP contribution in [-0.4, -0.2) is 17.7 Å². The van der Waals surface area contributed by atoms with Crippen LogP contribution in [0.25, 0.3) is 0 Å². The van der Waals surface area contributed by atoms with Crippen molar-refractivity contribution < 1.29 is 4.79 Å². The standard InChI is InChI=1S/C17H18ClNOS/c1-3-19(14-9-5-4-6-10-14)17(20)13(2)21-16-12-8-7-11-15(16)18/h4-13H,3H2,1-2H3. The summed E-state index contributed by atoms with van der Waals surface area (Å²) in [7, 11) is 0. The molecular weight excluding hydrogens is 302 g/mol. The van der Waals surface area contributed by atoms with Gasteiger partial charge in [0, 0.05) is 17.1 Å². The summed E-state index contributed by atoms with van der Waals surface area (Å²) >= 11 is 7.65. The van der Waals surface area contributed by atoms with Gasteiger partial charge in [-0.15, -0.1) is 11.8 Å². The van der Waals surface area contributed by atoms with Crippen molar-refractivity contribution in [1.82, 2.24) is 0 Å². The van der Waals surface area contributed by atoms with Gasteiger partial charge in [-0.1, -0.05) is 41.9 Å². The summed E-state index contributed by atoms with van der Waals surface area (Å²) in [6, 6.07) is 17.3. The zero-order valence-corrected chi connectivity index (χ0v) is 13.7. The lowest BCUT2D eigenvalue weighted by molar-refractivity contribution is -0.117. The molecule has 2 aromatic rings. The number of halogens is 1. The molecule has 0 spiro atoms. The van der Waals surface area contributed by atoms with E-state index in [0.717, 1.165) is 10.6 Å². The Balaban J connectivity index is 2.13. The molecule has 1 amide bonds. The number of para-hydroxylation sites is 1. The summed E-state index contributed by atoms with van der Waals surface area (Å²) in [6.07, 6.45) is 0. The van der Waals surface area contributed by atoms with E-state index >= 15 is 0 Å². The first kappa shape index (κ1) is 15.9. The Kier molecular flexibility index (Phi) is 5.71. The molecule has 0 saturated heterocycles. The minimum absolute atomic E-state index is 0.0913. The predicted octanol–water partition coefficient (Wildman–Crippen LogP) is 4.87. The molecule has 110 valence electrons. The van der Waals surface area contributed by atoms with Crippen molar-refractivity contribution in [2.45, 2.75) is 24.0 Å². The fourth-order valence-corrected chi connectivity index (χ4v) is 3.29. The monoisotopic (exact) mass is 319 g/mol. The molecule has 0 aliphatic heterocycles. The highest BCUT2D eigenvalue weighted by atomic mass is 35.5. The summed E-state index contributed by atoms with van der Waals surface area (Å²) in [5, 5.41) is 0.495. The Labute approximate surface area is 135 Å². The lowest BCUT2D eigenvalue weighted by Gasteiger charge is -2.24. The lowest BCUT2D eigenvalue weighted by atomic mass is 10.2. The number of hydrogen-bond acceptors (Lipinski definition) is 2. The molecule has 0 radical (unpaired) electrons. The molecule has 0 bridgehead atoms. The fraction of sp³-hybridized carbons (Fsp3) is 0.235. The first-order valence-corrected chi connectivity index (χ1v) is 8.17. The zero-order chi connectivity index (χ0) is 15.2. The highest BCUT2D eigenvalue weighted by Gasteiger charge is 2.22. The molecule has 2 nitrogen and oxygen atoms in total. The van der Waals surface area contributed by atoms with Crippen LogP contribution in [-0.2, 0) is 4.79 Å². The number of carbonyl (C=O) groups is 1. The van der Waals surface area contributed by atoms with Gasteiger partial charge in [0.1, 0.15) is 0 Å². The summed E-state index contributed by atoms with van der Waals surface area (Å²) in [5.41, 5.74) is 0.927. The van der Waals surface area contributed by atoms with Crippen LogP contribution in [0.15, 0.2) is 59.5 Å². The van der Waals surface area contributed by atoms with Crippen LogP contribution in [0, 0.1) is 0 Å². The minimum Gasteiger partial charge on any atom is -0.312 e. The SMILES string of the molecule is CCN(C(=O)C(C)Sc1ccccc1Cl)c1ccccc1. The van der Waals surface area contributed by atoms with Crippen LogP contribution in [0.2, 0.25) is 5.02 Å². The second-order valence-corrected chi connectivity index (χ2v) is 6.40. The van der Waals surface area contributed by atoms with Gasteiger partial charge in [-0.3, -0.25) is 4.79 Å². The molecule has 0 saturated carbocycles. The summed E-state index contributed by atoms with van der Waals surface area (Å²) in [5.74, 6) is 0.0913. The van der Waals surface area contributed by atoms with E-state index < -0.39 is 0 Å². The number of benzene rings is 2. The van der Waals surface area contributed by atoms with E-state index in [2.05, 4.69) is 0 Å². The van der Waals surface area contributed by atoms with Crippen LogP contribution in [0.5, 0.6) is 0 Å². The molecule has 2 rings (SSSR count). The molecule has 0 fully saturated rings. The van der Waals surface area contributed by atoms with E-state index in [-0.39, 0.29) is 11.2 Å². The Morgan fingerprint density at radius 1 is 1.14 bits per heavy atom. The van der Waals surface area contributed by atoms with E-state index in [1.165, 1.54) is 11.8 Å². The molecule has 0 aliphatic rings. The minimum atomic E-state index is -0.190. The topological polar surface area (TPSA) is 20.3 Å². The summed E-state index contributed by atoms with van der Waals surface area (Å²) in [4.78, 5) is 15.4. The van der Waals surface area contributed by atoms with E-state index in [0.29, 0.717) is 11.6 Å². The Hall–Kier alpha value is -1.45. The van der Waals surface area contributed by atoms with Crippen molar-refractivity contribution >= 4 is 35.0 Å². The smallest absolute Gasteiger partial charge is 0.240 e. The third kappa shape index (κ3) is 4.02. The molecule has 0 heterocycles. The first-order chi connectivity index (χ1) is 10.1. The Morgan fingerprint density at radius 2 is 1.76 bits per heavy atom. The highest BCUT2D eigenvalue weighted by molar-refractivity contribution is 8.00. The molecule has 4 heteroatoms. The van der Waals surface area contributed by atoms with Crippen molar-refractivity contribution in [2.24, 2.45) is 0 Å². The van der Waals surface area contributed by atoms with Gasteiger partial charge in [-0.05, 0) is 38.1 Å². The molecular formula is C17H18ClNOS. The van der Waals surface area contributed by atoms with Crippen LogP contribution < -0.4 is 4.90 Å². The number of hydrogen-bond donors (Lipinski definition) is 0. The lowest BCUT2D eigenvalue weighted by Crippen LogP contribution is -2.36. The summed E-state index contributed by atoms with van der Waals surface area (Å²) in [6.45, 7) is 4.55. The fourth-order valence-electron chi connectivity index (χ4n) is 2.07. The van der Waals surface area contributed by atoms with Crippen molar-refractivity contribution in [1.29, 1.82) is 0 Å². The predicted molar refractivity (Wildman–Crippen MR) is 91.2 cm³/mol. The number of carbonyl (C=O) groups excluding carboxylic acids is 1. The average Bonchev–Trinajstić information content (AvgIpc) is 2.51. The summed E-state index contributed by atoms with van der Waals surface area (Å²) < 4.78 is 0. The maximum atomic E-state index is 12.7. The normalized spacial score (nSPS) is 12.0. The first-order valence-electron chi connectivity index (χ1n) is 6.91. The van der Waals surface area contributed by atoms with Gasteiger partial charge in [0.05, 0.1) is 10.3 Å². The van der Waals surface area contributed by atoms with E-state index in [1.54, 1.807) is 4.90 Å². The zero-order valence-electron chi connectivity index (χ0n) is 12.1. The number of thioether (sulfide) groups is 1. The molecule has 1 unspecified atom stereocenters. The van der Waals surface area contributed by atoms with Crippen LogP contribution in [0.1, 0.15) is 13.8 Å². The van der Waals surface area contributed by atoms with Crippen molar-refractivity contribution in [3.63, 3.8) is 0 Å². The van der Waals surface area contributed by atoms with Gasteiger partial charge >= 0.3 is 0 Å². The average molecular weight is 320 g/mol. The molecule has 2 aromatic carbocycles. The number of nitrogens with zero attached hydrogens (tertiary/aromatic N) is 1. The third-order valence-corrected chi connectivity index (χ3v) is 4.75. The van der Waals surface area contributed by atoms with Gasteiger partial charge in [-0.25, -0.2) is 0 Å². The number of rotatable bonds is 5. The maximum absolute atomic E-state index is 12.7. The Bertz CT molecular complexity index is 603. The quantitative estimate of drug-likeness (QED) is 0.732. The molecule has 1 atom stereocenters. The molecule has 0 aliphatic carbocycles. The second kappa shape index (κ2) is 7.53. The van der Waals surface area contributed by atoms with Crippen LogP contribution in [0.3, 0.4) is 0 Å².